The van der Waals surface area contributed by atoms with Gasteiger partial charge in [-0.05, 0) is 29.7 Å². The summed E-state index contributed by atoms with van der Waals surface area (Å²) in [5.74, 6) is -0.190. The highest BCUT2D eigenvalue weighted by Crippen LogP contribution is 2.22. The van der Waals surface area contributed by atoms with Crippen LogP contribution in [-0.2, 0) is 11.3 Å². The first-order valence-corrected chi connectivity index (χ1v) is 7.96. The summed E-state index contributed by atoms with van der Waals surface area (Å²) in [4.78, 5) is 12.5. The topological polar surface area (TPSA) is 38.3 Å². The summed E-state index contributed by atoms with van der Waals surface area (Å²) < 4.78 is 28.9. The third kappa shape index (κ3) is 5.33. The van der Waals surface area contributed by atoms with Crippen molar-refractivity contribution in [2.45, 2.75) is 38.8 Å². The zero-order chi connectivity index (χ0) is 17.4. The zero-order valence-electron chi connectivity index (χ0n) is 13.5. The molecule has 2 rings (SSSR count). The average molecular weight is 333 g/mol. The molecule has 2 aromatic carbocycles. The Bertz CT molecular complexity index is 647. The Balaban J connectivity index is 2.00. The molecule has 0 saturated carbocycles. The van der Waals surface area contributed by atoms with Crippen LogP contribution in [0.15, 0.2) is 54.6 Å². The quantitative estimate of drug-likeness (QED) is 0.773. The Morgan fingerprint density at radius 1 is 1.12 bits per heavy atom. The van der Waals surface area contributed by atoms with Gasteiger partial charge in [0.2, 0.25) is 5.91 Å². The molecule has 24 heavy (non-hydrogen) atoms. The number of ether oxygens (including phenoxy) is 1. The third-order valence-electron chi connectivity index (χ3n) is 3.69. The van der Waals surface area contributed by atoms with Crippen LogP contribution < -0.4 is 10.1 Å². The highest BCUT2D eigenvalue weighted by molar-refractivity contribution is 5.83. The molecule has 3 nitrogen and oxygen atoms in total. The fraction of sp³-hybridized carbons (Fsp3) is 0.316. The summed E-state index contributed by atoms with van der Waals surface area (Å²) in [5, 5.41) is 2.88. The normalized spacial score (nSPS) is 12.0. The van der Waals surface area contributed by atoms with Gasteiger partial charge in [-0.1, -0.05) is 55.8 Å². The fourth-order valence-electron chi connectivity index (χ4n) is 2.57. The van der Waals surface area contributed by atoms with Gasteiger partial charge in [0, 0.05) is 6.54 Å². The van der Waals surface area contributed by atoms with Crippen LogP contribution in [0, 0.1) is 0 Å². The summed E-state index contributed by atoms with van der Waals surface area (Å²) in [7, 11) is 0. The summed E-state index contributed by atoms with van der Waals surface area (Å²) >= 11 is 0. The van der Waals surface area contributed by atoms with Crippen LogP contribution in [-0.4, -0.2) is 12.5 Å². The van der Waals surface area contributed by atoms with Crippen molar-refractivity contribution in [3.8, 4) is 5.75 Å². The van der Waals surface area contributed by atoms with Gasteiger partial charge in [-0.25, -0.2) is 0 Å². The number of nitrogens with one attached hydrogen (secondary N) is 1. The molecule has 0 fully saturated rings. The molecule has 1 atom stereocenters. The van der Waals surface area contributed by atoms with Crippen LogP contribution in [0.1, 0.15) is 36.8 Å². The molecule has 1 amide bonds. The minimum Gasteiger partial charge on any atom is -0.435 e. The Hall–Kier alpha value is -2.43. The minimum atomic E-state index is -2.86. The van der Waals surface area contributed by atoms with Crippen LogP contribution >= 0.6 is 0 Å². The Kier molecular flexibility index (Phi) is 6.73. The number of benzene rings is 2. The van der Waals surface area contributed by atoms with E-state index >= 15 is 0 Å². The molecule has 0 aliphatic rings. The number of halogens is 2. The SMILES string of the molecule is CCCC(C(=O)NCc1cccc(OC(F)F)c1)c1ccccc1. The monoisotopic (exact) mass is 333 g/mol. The van der Waals surface area contributed by atoms with E-state index in [1.807, 2.05) is 37.3 Å². The lowest BCUT2D eigenvalue weighted by Crippen LogP contribution is -2.29. The number of carbonyl (C=O) groups is 1. The molecule has 128 valence electrons. The molecule has 1 N–H and O–H groups in total. The molecule has 0 aliphatic carbocycles. The minimum absolute atomic E-state index is 0.0665. The fourth-order valence-corrected chi connectivity index (χ4v) is 2.57. The van der Waals surface area contributed by atoms with Gasteiger partial charge in [0.15, 0.2) is 0 Å². The Morgan fingerprint density at radius 3 is 2.54 bits per heavy atom. The lowest BCUT2D eigenvalue weighted by Gasteiger charge is -2.17. The molecule has 0 aliphatic heterocycles. The van der Waals surface area contributed by atoms with Gasteiger partial charge in [-0.15, -0.1) is 0 Å². The van der Waals surface area contributed by atoms with Crippen LogP contribution in [0.2, 0.25) is 0 Å². The van der Waals surface area contributed by atoms with Crippen molar-refractivity contribution in [3.63, 3.8) is 0 Å². The zero-order valence-corrected chi connectivity index (χ0v) is 13.5. The highest BCUT2D eigenvalue weighted by atomic mass is 19.3. The molecule has 0 radical (unpaired) electrons. The van der Waals surface area contributed by atoms with E-state index in [0.717, 1.165) is 18.4 Å². The predicted molar refractivity (Wildman–Crippen MR) is 89.0 cm³/mol. The second-order valence-corrected chi connectivity index (χ2v) is 5.50. The smallest absolute Gasteiger partial charge is 0.387 e. The van der Waals surface area contributed by atoms with Crippen molar-refractivity contribution in [1.29, 1.82) is 0 Å². The number of carbonyl (C=O) groups excluding carboxylic acids is 1. The van der Waals surface area contributed by atoms with Crippen molar-refractivity contribution in [2.75, 3.05) is 0 Å². The van der Waals surface area contributed by atoms with Crippen LogP contribution in [0.5, 0.6) is 5.75 Å². The van der Waals surface area contributed by atoms with Crippen molar-refractivity contribution in [2.24, 2.45) is 0 Å². The lowest BCUT2D eigenvalue weighted by molar-refractivity contribution is -0.122. The van der Waals surface area contributed by atoms with Gasteiger partial charge in [0.25, 0.3) is 0 Å². The van der Waals surface area contributed by atoms with Gasteiger partial charge < -0.3 is 10.1 Å². The van der Waals surface area contributed by atoms with Crippen molar-refractivity contribution < 1.29 is 18.3 Å². The maximum Gasteiger partial charge on any atom is 0.387 e. The van der Waals surface area contributed by atoms with E-state index in [-0.39, 0.29) is 24.1 Å². The van der Waals surface area contributed by atoms with E-state index in [9.17, 15) is 13.6 Å². The Labute approximate surface area is 140 Å². The molecule has 0 aromatic heterocycles. The maximum atomic E-state index is 12.5. The van der Waals surface area contributed by atoms with Crippen molar-refractivity contribution in [3.05, 3.63) is 65.7 Å². The molecular weight excluding hydrogens is 312 g/mol. The standard InChI is InChI=1S/C19H21F2NO2/c1-2-7-17(15-9-4-3-5-10-15)18(23)22-13-14-8-6-11-16(12-14)24-19(20)21/h3-6,8-12,17,19H,2,7,13H2,1H3,(H,22,23). The van der Waals surface area contributed by atoms with Crippen LogP contribution in [0.25, 0.3) is 0 Å². The molecule has 0 heterocycles. The molecular formula is C19H21F2NO2. The van der Waals surface area contributed by atoms with Crippen LogP contribution in [0.3, 0.4) is 0 Å². The van der Waals surface area contributed by atoms with Gasteiger partial charge >= 0.3 is 6.61 Å². The van der Waals surface area contributed by atoms with Crippen molar-refractivity contribution >= 4 is 5.91 Å². The summed E-state index contributed by atoms with van der Waals surface area (Å²) in [6.07, 6.45) is 1.65. The number of rotatable bonds is 8. The van der Waals surface area contributed by atoms with E-state index in [1.165, 1.54) is 12.1 Å². The summed E-state index contributed by atoms with van der Waals surface area (Å²) in [6, 6.07) is 16.0. The largest absolute Gasteiger partial charge is 0.435 e. The first-order chi connectivity index (χ1) is 11.6. The maximum absolute atomic E-state index is 12.5. The van der Waals surface area contributed by atoms with Gasteiger partial charge in [-0.2, -0.15) is 8.78 Å². The molecule has 0 saturated heterocycles. The molecule has 1 unspecified atom stereocenters. The predicted octanol–water partition coefficient (Wildman–Crippen LogP) is 4.49. The summed E-state index contributed by atoms with van der Waals surface area (Å²) in [5.41, 5.74) is 1.69. The van der Waals surface area contributed by atoms with Crippen LogP contribution in [0.4, 0.5) is 8.78 Å². The number of amides is 1. The second kappa shape index (κ2) is 9.01. The van der Waals surface area contributed by atoms with Crippen molar-refractivity contribution in [1.82, 2.24) is 5.32 Å². The Morgan fingerprint density at radius 2 is 1.88 bits per heavy atom. The second-order valence-electron chi connectivity index (χ2n) is 5.50. The van der Waals surface area contributed by atoms with Gasteiger partial charge in [0.1, 0.15) is 5.75 Å². The van der Waals surface area contributed by atoms with E-state index in [2.05, 4.69) is 10.1 Å². The van der Waals surface area contributed by atoms with E-state index in [4.69, 9.17) is 0 Å². The number of alkyl halides is 2. The lowest BCUT2D eigenvalue weighted by atomic mass is 9.93. The molecule has 5 heteroatoms. The molecule has 0 bridgehead atoms. The van der Waals surface area contributed by atoms with Gasteiger partial charge in [0.05, 0.1) is 5.92 Å². The third-order valence-corrected chi connectivity index (χ3v) is 3.69. The number of hydrogen-bond acceptors (Lipinski definition) is 2. The molecule has 2 aromatic rings. The van der Waals surface area contributed by atoms with E-state index < -0.39 is 6.61 Å². The first-order valence-electron chi connectivity index (χ1n) is 7.96. The first kappa shape index (κ1) is 17.9. The number of hydrogen-bond donors (Lipinski definition) is 1. The van der Waals surface area contributed by atoms with Gasteiger partial charge in [-0.3, -0.25) is 4.79 Å². The summed E-state index contributed by atoms with van der Waals surface area (Å²) in [6.45, 7) is -0.553. The van der Waals surface area contributed by atoms with E-state index in [0.29, 0.717) is 5.56 Å². The average Bonchev–Trinajstić information content (AvgIpc) is 2.58. The highest BCUT2D eigenvalue weighted by Gasteiger charge is 2.19. The molecule has 0 spiro atoms. The van der Waals surface area contributed by atoms with E-state index in [1.54, 1.807) is 12.1 Å².